The molecule has 0 aliphatic heterocycles. The highest BCUT2D eigenvalue weighted by molar-refractivity contribution is 6.31. The highest BCUT2D eigenvalue weighted by Gasteiger charge is 2.18. The molecule has 0 saturated carbocycles. The maximum atomic E-state index is 13.7. The van der Waals surface area contributed by atoms with Crippen LogP contribution in [-0.4, -0.2) is 0 Å². The predicted molar refractivity (Wildman–Crippen MR) is 67.1 cm³/mol. The van der Waals surface area contributed by atoms with Gasteiger partial charge in [0.2, 0.25) is 0 Å². The Morgan fingerprint density at radius 3 is 2.62 bits per heavy atom. The second kappa shape index (κ2) is 5.92. The van der Waals surface area contributed by atoms with Gasteiger partial charge in [0.05, 0.1) is 0 Å². The molecule has 1 rings (SSSR count). The first kappa shape index (κ1) is 13.1. The van der Waals surface area contributed by atoms with Crippen molar-refractivity contribution in [3.05, 3.63) is 34.6 Å². The summed E-state index contributed by atoms with van der Waals surface area (Å²) in [6, 6.07) is 4.78. The van der Waals surface area contributed by atoms with Crippen LogP contribution in [0.5, 0.6) is 0 Å². The fourth-order valence-electron chi connectivity index (χ4n) is 1.58. The van der Waals surface area contributed by atoms with Gasteiger partial charge in [-0.15, -0.1) is 5.92 Å². The van der Waals surface area contributed by atoms with Gasteiger partial charge in [-0.2, -0.15) is 0 Å². The second-order valence-electron chi connectivity index (χ2n) is 3.89. The van der Waals surface area contributed by atoms with Crippen LogP contribution >= 0.6 is 11.6 Å². The van der Waals surface area contributed by atoms with Gasteiger partial charge in [0.25, 0.3) is 0 Å². The van der Waals surface area contributed by atoms with Crippen molar-refractivity contribution in [2.75, 3.05) is 0 Å². The summed E-state index contributed by atoms with van der Waals surface area (Å²) in [6.45, 7) is 5.95. The Hall–Kier alpha value is -1.00. The molecule has 0 heterocycles. The summed E-state index contributed by atoms with van der Waals surface area (Å²) >= 11 is 6.01. The van der Waals surface area contributed by atoms with Gasteiger partial charge >= 0.3 is 0 Å². The minimum Gasteiger partial charge on any atom is -0.207 e. The quantitative estimate of drug-likeness (QED) is 0.659. The summed E-state index contributed by atoms with van der Waals surface area (Å²) in [5.74, 6) is 6.00. The minimum atomic E-state index is -0.245. The molecule has 86 valence electrons. The van der Waals surface area contributed by atoms with Crippen LogP contribution in [0.2, 0.25) is 5.02 Å². The zero-order valence-corrected chi connectivity index (χ0v) is 10.6. The van der Waals surface area contributed by atoms with E-state index in [2.05, 4.69) is 11.8 Å². The van der Waals surface area contributed by atoms with Crippen molar-refractivity contribution in [3.8, 4) is 11.8 Å². The van der Waals surface area contributed by atoms with Gasteiger partial charge in [0.15, 0.2) is 0 Å². The van der Waals surface area contributed by atoms with Crippen molar-refractivity contribution in [3.63, 3.8) is 0 Å². The maximum absolute atomic E-state index is 13.7. The molecule has 2 atom stereocenters. The summed E-state index contributed by atoms with van der Waals surface area (Å²) in [5.41, 5.74) is 0.571. The van der Waals surface area contributed by atoms with Gasteiger partial charge in [-0.1, -0.05) is 44.4 Å². The summed E-state index contributed by atoms with van der Waals surface area (Å²) in [4.78, 5) is 0. The Morgan fingerprint density at radius 2 is 2.06 bits per heavy atom. The van der Waals surface area contributed by atoms with E-state index in [1.54, 1.807) is 12.1 Å². The fourth-order valence-corrected chi connectivity index (χ4v) is 1.92. The number of hydrogen-bond donors (Lipinski definition) is 0. The number of rotatable bonds is 2. The molecule has 0 amide bonds. The Bertz CT molecular complexity index is 394. The highest BCUT2D eigenvalue weighted by atomic mass is 35.5. The van der Waals surface area contributed by atoms with E-state index in [1.165, 1.54) is 6.07 Å². The van der Waals surface area contributed by atoms with Crippen molar-refractivity contribution in [1.29, 1.82) is 0 Å². The molecule has 1 aromatic carbocycles. The van der Waals surface area contributed by atoms with Crippen molar-refractivity contribution < 1.29 is 4.39 Å². The lowest BCUT2D eigenvalue weighted by Gasteiger charge is -2.17. The van der Waals surface area contributed by atoms with Gasteiger partial charge in [-0.25, -0.2) is 4.39 Å². The molecule has 0 saturated heterocycles. The lowest BCUT2D eigenvalue weighted by Crippen LogP contribution is -2.07. The Kier molecular flexibility index (Phi) is 4.83. The Labute approximate surface area is 102 Å². The first-order chi connectivity index (χ1) is 7.57. The van der Waals surface area contributed by atoms with Gasteiger partial charge in [-0.3, -0.25) is 0 Å². The molecule has 0 bridgehead atoms. The Balaban J connectivity index is 3.00. The van der Waals surface area contributed by atoms with Crippen LogP contribution < -0.4 is 0 Å². The SMILES string of the molecule is CCC#CC(C)C(C)c1c(F)cccc1Cl. The molecule has 1 aromatic rings. The first-order valence-electron chi connectivity index (χ1n) is 5.50. The first-order valence-corrected chi connectivity index (χ1v) is 5.88. The molecule has 0 nitrogen and oxygen atoms in total. The van der Waals surface area contributed by atoms with E-state index in [-0.39, 0.29) is 17.7 Å². The van der Waals surface area contributed by atoms with E-state index in [4.69, 9.17) is 11.6 Å². The smallest absolute Gasteiger partial charge is 0.128 e. The average molecular weight is 239 g/mol. The maximum Gasteiger partial charge on any atom is 0.128 e. The topological polar surface area (TPSA) is 0 Å². The summed E-state index contributed by atoms with van der Waals surface area (Å²) < 4.78 is 13.7. The van der Waals surface area contributed by atoms with E-state index in [1.807, 2.05) is 20.8 Å². The van der Waals surface area contributed by atoms with Crippen molar-refractivity contribution >= 4 is 11.6 Å². The normalized spacial score (nSPS) is 13.8. The van der Waals surface area contributed by atoms with E-state index < -0.39 is 0 Å². The fraction of sp³-hybridized carbons (Fsp3) is 0.429. The van der Waals surface area contributed by atoms with E-state index in [0.29, 0.717) is 10.6 Å². The third-order valence-electron chi connectivity index (χ3n) is 2.71. The lowest BCUT2D eigenvalue weighted by molar-refractivity contribution is 0.546. The lowest BCUT2D eigenvalue weighted by atomic mass is 9.89. The second-order valence-corrected chi connectivity index (χ2v) is 4.29. The Morgan fingerprint density at radius 1 is 1.38 bits per heavy atom. The molecule has 0 aliphatic carbocycles. The average Bonchev–Trinajstić information content (AvgIpc) is 2.25. The molecule has 0 aromatic heterocycles. The molecule has 0 spiro atoms. The highest BCUT2D eigenvalue weighted by Crippen LogP contribution is 2.31. The van der Waals surface area contributed by atoms with Crippen molar-refractivity contribution in [2.45, 2.75) is 33.1 Å². The van der Waals surface area contributed by atoms with Crippen molar-refractivity contribution in [2.24, 2.45) is 5.92 Å². The van der Waals surface area contributed by atoms with E-state index >= 15 is 0 Å². The largest absolute Gasteiger partial charge is 0.207 e. The van der Waals surface area contributed by atoms with Crippen LogP contribution in [-0.2, 0) is 0 Å². The third kappa shape index (κ3) is 3.00. The number of halogens is 2. The van der Waals surface area contributed by atoms with Gasteiger partial charge in [0, 0.05) is 22.9 Å². The monoisotopic (exact) mass is 238 g/mol. The van der Waals surface area contributed by atoms with Crippen LogP contribution in [0.4, 0.5) is 4.39 Å². The van der Waals surface area contributed by atoms with Gasteiger partial charge in [0.1, 0.15) is 5.82 Å². The number of benzene rings is 1. The molecule has 2 unspecified atom stereocenters. The molecular weight excluding hydrogens is 223 g/mol. The standard InChI is InChI=1S/C14H16ClF/c1-4-5-7-10(2)11(3)14-12(15)8-6-9-13(14)16/h6,8-11H,4H2,1-3H3. The van der Waals surface area contributed by atoms with E-state index in [0.717, 1.165) is 6.42 Å². The zero-order chi connectivity index (χ0) is 12.1. The van der Waals surface area contributed by atoms with Crippen LogP contribution in [0.25, 0.3) is 0 Å². The molecule has 0 N–H and O–H groups in total. The molecular formula is C14H16ClF. The molecule has 0 fully saturated rings. The minimum absolute atomic E-state index is 0.00718. The number of hydrogen-bond acceptors (Lipinski definition) is 0. The third-order valence-corrected chi connectivity index (χ3v) is 3.04. The molecule has 16 heavy (non-hydrogen) atoms. The summed E-state index contributed by atoms with van der Waals surface area (Å²) in [5, 5.41) is 0.484. The van der Waals surface area contributed by atoms with Crippen molar-refractivity contribution in [1.82, 2.24) is 0 Å². The zero-order valence-electron chi connectivity index (χ0n) is 9.85. The van der Waals surface area contributed by atoms with Gasteiger partial charge in [-0.05, 0) is 18.1 Å². The van der Waals surface area contributed by atoms with Crippen LogP contribution in [0.1, 0.15) is 38.7 Å². The summed E-state index contributed by atoms with van der Waals surface area (Å²) in [7, 11) is 0. The predicted octanol–water partition coefficient (Wildman–Crippen LogP) is 4.63. The van der Waals surface area contributed by atoms with Gasteiger partial charge < -0.3 is 0 Å². The van der Waals surface area contributed by atoms with Crippen LogP contribution in [0, 0.1) is 23.6 Å². The molecule has 0 aliphatic rings. The molecule has 2 heteroatoms. The van der Waals surface area contributed by atoms with Crippen LogP contribution in [0.3, 0.4) is 0 Å². The molecule has 0 radical (unpaired) electrons. The van der Waals surface area contributed by atoms with Crippen LogP contribution in [0.15, 0.2) is 18.2 Å². The summed E-state index contributed by atoms with van der Waals surface area (Å²) in [6.07, 6.45) is 0.821. The van der Waals surface area contributed by atoms with E-state index in [9.17, 15) is 4.39 Å².